The maximum atomic E-state index is 12.0. The number of carbonyl (C=O) groups excluding carboxylic acids is 1. The van der Waals surface area contributed by atoms with Crippen LogP contribution in [0.15, 0.2) is 34.9 Å². The summed E-state index contributed by atoms with van der Waals surface area (Å²) in [5.41, 5.74) is 2.92. The van der Waals surface area contributed by atoms with Gasteiger partial charge in [0.05, 0.1) is 5.69 Å². The summed E-state index contributed by atoms with van der Waals surface area (Å²) in [6.45, 7) is 1.81. The summed E-state index contributed by atoms with van der Waals surface area (Å²) in [6.07, 6.45) is 0.690. The molecule has 1 aromatic heterocycles. The normalized spacial score (nSPS) is 17.1. The van der Waals surface area contributed by atoms with E-state index in [0.717, 1.165) is 16.9 Å². The van der Waals surface area contributed by atoms with Gasteiger partial charge in [-0.25, -0.2) is 0 Å². The number of aromatic nitrogens is 1. The maximum Gasteiger partial charge on any atom is 0.249 e. The summed E-state index contributed by atoms with van der Waals surface area (Å²) in [4.78, 5) is 12.0. The van der Waals surface area contributed by atoms with Gasteiger partial charge in [-0.1, -0.05) is 23.4 Å². The fourth-order valence-corrected chi connectivity index (χ4v) is 2.09. The third-order valence-electron chi connectivity index (χ3n) is 2.96. The van der Waals surface area contributed by atoms with Crippen molar-refractivity contribution in [3.05, 3.63) is 41.6 Å². The average molecular weight is 243 g/mol. The van der Waals surface area contributed by atoms with Gasteiger partial charge in [0.1, 0.15) is 6.04 Å². The lowest BCUT2D eigenvalue weighted by Crippen LogP contribution is -2.32. The number of fused-ring (bicyclic) bond motifs is 1. The van der Waals surface area contributed by atoms with Crippen LogP contribution in [0, 0.1) is 6.92 Å². The molecule has 0 spiro atoms. The van der Waals surface area contributed by atoms with Crippen molar-refractivity contribution in [2.75, 3.05) is 10.6 Å². The van der Waals surface area contributed by atoms with Crippen LogP contribution in [0.25, 0.3) is 0 Å². The number of rotatable bonds is 2. The molecule has 92 valence electrons. The van der Waals surface area contributed by atoms with Gasteiger partial charge in [-0.3, -0.25) is 10.1 Å². The first-order chi connectivity index (χ1) is 8.72. The van der Waals surface area contributed by atoms with Crippen LogP contribution in [0.3, 0.4) is 0 Å². The zero-order chi connectivity index (χ0) is 12.5. The molecule has 1 aliphatic heterocycles. The number of aryl methyl sites for hydroxylation is 1. The van der Waals surface area contributed by atoms with E-state index >= 15 is 0 Å². The van der Waals surface area contributed by atoms with Gasteiger partial charge < -0.3 is 9.84 Å². The van der Waals surface area contributed by atoms with Gasteiger partial charge in [-0.15, -0.1) is 0 Å². The van der Waals surface area contributed by atoms with Crippen LogP contribution >= 0.6 is 0 Å². The molecule has 2 N–H and O–H groups in total. The van der Waals surface area contributed by atoms with Gasteiger partial charge in [0.15, 0.2) is 0 Å². The molecule has 2 aromatic rings. The van der Waals surface area contributed by atoms with E-state index in [1.165, 1.54) is 0 Å². The van der Waals surface area contributed by atoms with Crippen LogP contribution in [-0.2, 0) is 11.2 Å². The molecule has 0 unspecified atom stereocenters. The summed E-state index contributed by atoms with van der Waals surface area (Å²) < 4.78 is 4.96. The van der Waals surface area contributed by atoms with E-state index in [1.54, 1.807) is 6.07 Å². The number of amides is 1. The van der Waals surface area contributed by atoms with E-state index < -0.39 is 0 Å². The van der Waals surface area contributed by atoms with E-state index in [-0.39, 0.29) is 11.9 Å². The highest BCUT2D eigenvalue weighted by molar-refractivity contribution is 5.97. The van der Waals surface area contributed by atoms with E-state index in [1.807, 2.05) is 31.2 Å². The number of nitrogens with zero attached hydrogens (tertiary/aromatic N) is 1. The zero-order valence-electron chi connectivity index (χ0n) is 9.93. The Morgan fingerprint density at radius 1 is 1.50 bits per heavy atom. The van der Waals surface area contributed by atoms with Crippen molar-refractivity contribution in [3.63, 3.8) is 0 Å². The Morgan fingerprint density at radius 2 is 2.33 bits per heavy atom. The Morgan fingerprint density at radius 3 is 3.06 bits per heavy atom. The summed E-state index contributed by atoms with van der Waals surface area (Å²) in [7, 11) is 0. The van der Waals surface area contributed by atoms with Gasteiger partial charge in [0.2, 0.25) is 11.8 Å². The zero-order valence-corrected chi connectivity index (χ0v) is 9.93. The molecule has 1 atom stereocenters. The summed E-state index contributed by atoms with van der Waals surface area (Å²) in [6, 6.07) is 9.36. The van der Waals surface area contributed by atoms with E-state index in [4.69, 9.17) is 4.52 Å². The Balaban J connectivity index is 1.69. The molecule has 3 rings (SSSR count). The summed E-state index contributed by atoms with van der Waals surface area (Å²) in [5, 5.41) is 9.62. The molecule has 0 saturated carbocycles. The molecular weight excluding hydrogens is 230 g/mol. The fourth-order valence-electron chi connectivity index (χ4n) is 2.09. The van der Waals surface area contributed by atoms with Crippen molar-refractivity contribution in [2.24, 2.45) is 0 Å². The number of para-hydroxylation sites is 1. The van der Waals surface area contributed by atoms with Gasteiger partial charge >= 0.3 is 0 Å². The minimum atomic E-state index is -0.257. The van der Waals surface area contributed by atoms with E-state index in [2.05, 4.69) is 15.8 Å². The lowest BCUT2D eigenvalue weighted by molar-refractivity contribution is -0.116. The molecule has 0 aliphatic carbocycles. The van der Waals surface area contributed by atoms with Crippen LogP contribution in [0.5, 0.6) is 0 Å². The van der Waals surface area contributed by atoms with Crippen molar-refractivity contribution < 1.29 is 9.32 Å². The molecule has 1 amide bonds. The van der Waals surface area contributed by atoms with Gasteiger partial charge in [0, 0.05) is 18.2 Å². The van der Waals surface area contributed by atoms with Crippen molar-refractivity contribution in [2.45, 2.75) is 19.4 Å². The number of hydrogen-bond acceptors (Lipinski definition) is 4. The second-order valence-electron chi connectivity index (χ2n) is 4.38. The van der Waals surface area contributed by atoms with Gasteiger partial charge in [-0.05, 0) is 18.6 Å². The van der Waals surface area contributed by atoms with Crippen molar-refractivity contribution in [3.8, 4) is 0 Å². The highest BCUT2D eigenvalue weighted by atomic mass is 16.5. The molecule has 0 bridgehead atoms. The highest BCUT2D eigenvalue weighted by Gasteiger charge is 2.26. The van der Waals surface area contributed by atoms with Crippen molar-refractivity contribution in [1.29, 1.82) is 0 Å². The number of carbonyl (C=O) groups is 1. The quantitative estimate of drug-likeness (QED) is 0.846. The van der Waals surface area contributed by atoms with Crippen LogP contribution in [0.1, 0.15) is 11.3 Å². The predicted molar refractivity (Wildman–Crippen MR) is 67.4 cm³/mol. The molecule has 1 aliphatic rings. The van der Waals surface area contributed by atoms with Gasteiger partial charge in [-0.2, -0.15) is 0 Å². The molecule has 0 saturated heterocycles. The van der Waals surface area contributed by atoms with Crippen LogP contribution < -0.4 is 10.6 Å². The second-order valence-corrected chi connectivity index (χ2v) is 4.38. The minimum absolute atomic E-state index is 0.109. The molecule has 0 fully saturated rings. The standard InChI is InChI=1S/C13H13N3O2/c1-8-6-12(18-16-8)15-13(17)11-7-9-4-2-3-5-10(9)14-11/h2-6,11,14H,7H2,1H3,(H,15,17)/t11-/m0/s1. The smallest absolute Gasteiger partial charge is 0.249 e. The number of nitrogens with one attached hydrogen (secondary N) is 2. The number of hydrogen-bond donors (Lipinski definition) is 2. The third kappa shape index (κ3) is 1.95. The SMILES string of the molecule is Cc1cc(NC(=O)[C@@H]2Cc3ccccc3N2)on1. The number of benzene rings is 1. The first-order valence-electron chi connectivity index (χ1n) is 5.81. The minimum Gasteiger partial charge on any atom is -0.373 e. The van der Waals surface area contributed by atoms with Crippen molar-refractivity contribution >= 4 is 17.5 Å². The van der Waals surface area contributed by atoms with E-state index in [0.29, 0.717) is 12.3 Å². The highest BCUT2D eigenvalue weighted by Crippen LogP contribution is 2.25. The first-order valence-corrected chi connectivity index (χ1v) is 5.81. The second kappa shape index (κ2) is 4.18. The molecular formula is C13H13N3O2. The van der Waals surface area contributed by atoms with Crippen LogP contribution in [0.4, 0.5) is 11.6 Å². The first kappa shape index (κ1) is 10.8. The van der Waals surface area contributed by atoms with Crippen molar-refractivity contribution in [1.82, 2.24) is 5.16 Å². The maximum absolute atomic E-state index is 12.0. The monoisotopic (exact) mass is 243 g/mol. The molecule has 2 heterocycles. The third-order valence-corrected chi connectivity index (χ3v) is 2.96. The lowest BCUT2D eigenvalue weighted by Gasteiger charge is -2.09. The Hall–Kier alpha value is -2.30. The number of anilines is 2. The summed E-state index contributed by atoms with van der Waals surface area (Å²) >= 11 is 0. The Kier molecular flexibility index (Phi) is 2.51. The van der Waals surface area contributed by atoms with Gasteiger partial charge in [0.25, 0.3) is 0 Å². The van der Waals surface area contributed by atoms with E-state index in [9.17, 15) is 4.79 Å². The topological polar surface area (TPSA) is 67.2 Å². The molecule has 1 aromatic carbocycles. The fraction of sp³-hybridized carbons (Fsp3) is 0.231. The predicted octanol–water partition coefficient (Wildman–Crippen LogP) is 1.96. The largest absolute Gasteiger partial charge is 0.373 e. The van der Waals surface area contributed by atoms with Crippen LogP contribution in [0.2, 0.25) is 0 Å². The molecule has 5 heteroatoms. The van der Waals surface area contributed by atoms with Crippen LogP contribution in [-0.4, -0.2) is 17.1 Å². The summed E-state index contributed by atoms with van der Waals surface area (Å²) in [5.74, 6) is 0.276. The Bertz CT molecular complexity index is 566. The molecule has 0 radical (unpaired) electrons. The molecule has 18 heavy (non-hydrogen) atoms. The lowest BCUT2D eigenvalue weighted by atomic mass is 10.1. The average Bonchev–Trinajstić information content (AvgIpc) is 2.95. The Labute approximate surface area is 104 Å². The molecule has 5 nitrogen and oxygen atoms in total.